The lowest BCUT2D eigenvalue weighted by atomic mass is 9.81. The van der Waals surface area contributed by atoms with Crippen LogP contribution < -0.4 is 0 Å². The highest BCUT2D eigenvalue weighted by Crippen LogP contribution is 2.44. The van der Waals surface area contributed by atoms with Gasteiger partial charge in [0, 0.05) is 7.11 Å². The van der Waals surface area contributed by atoms with Crippen molar-refractivity contribution >= 4 is 10.1 Å². The topological polar surface area (TPSA) is 63.6 Å². The molecule has 0 spiro atoms. The monoisotopic (exact) mass is 284 g/mol. The Hall–Kier alpha value is -0.910. The van der Waals surface area contributed by atoms with Gasteiger partial charge in [-0.15, -0.1) is 0 Å². The first kappa shape index (κ1) is 14.5. The molecule has 1 aromatic carbocycles. The fraction of sp³-hybridized carbons (Fsp3) is 0.571. The van der Waals surface area contributed by atoms with Crippen LogP contribution in [0.5, 0.6) is 0 Å². The molecule has 0 aliphatic heterocycles. The van der Waals surface area contributed by atoms with Crippen molar-refractivity contribution in [2.75, 3.05) is 7.11 Å². The zero-order valence-corrected chi connectivity index (χ0v) is 12.1. The molecule has 1 N–H and O–H groups in total. The zero-order chi connectivity index (χ0) is 14.1. The van der Waals surface area contributed by atoms with Gasteiger partial charge in [0.2, 0.25) is 0 Å². The van der Waals surface area contributed by atoms with E-state index in [1.54, 1.807) is 19.2 Å². The van der Waals surface area contributed by atoms with Crippen LogP contribution in [0.3, 0.4) is 0 Å². The minimum atomic E-state index is -4.14. The summed E-state index contributed by atoms with van der Waals surface area (Å²) in [6, 6.07) is 7.36. The summed E-state index contributed by atoms with van der Waals surface area (Å²) in [5.41, 5.74) is 1.75. The van der Waals surface area contributed by atoms with Crippen molar-refractivity contribution in [3.8, 4) is 0 Å². The molecule has 0 amide bonds. The molecule has 0 bridgehead atoms. The summed E-state index contributed by atoms with van der Waals surface area (Å²) in [5, 5.41) is 0. The SMILES string of the molecule is COC1CCC(c2ccc(C)cc2)(S(=O)(=O)O)CC1. The highest BCUT2D eigenvalue weighted by atomic mass is 32.2. The number of benzene rings is 1. The molecular weight excluding hydrogens is 264 g/mol. The first-order valence-corrected chi connectivity index (χ1v) is 7.90. The van der Waals surface area contributed by atoms with Crippen LogP contribution in [0.4, 0.5) is 0 Å². The minimum Gasteiger partial charge on any atom is -0.381 e. The molecule has 0 radical (unpaired) electrons. The van der Waals surface area contributed by atoms with Gasteiger partial charge in [-0.25, -0.2) is 0 Å². The van der Waals surface area contributed by atoms with Crippen LogP contribution in [0.1, 0.15) is 36.8 Å². The molecule has 0 atom stereocenters. The van der Waals surface area contributed by atoms with E-state index in [1.165, 1.54) is 0 Å². The van der Waals surface area contributed by atoms with Crippen LogP contribution in [-0.2, 0) is 19.6 Å². The first-order valence-electron chi connectivity index (χ1n) is 6.46. The number of ether oxygens (including phenoxy) is 1. The highest BCUT2D eigenvalue weighted by Gasteiger charge is 2.47. The summed E-state index contributed by atoms with van der Waals surface area (Å²) < 4.78 is 37.6. The normalized spacial score (nSPS) is 28.3. The lowest BCUT2D eigenvalue weighted by Gasteiger charge is -2.37. The number of rotatable bonds is 3. The van der Waals surface area contributed by atoms with Crippen molar-refractivity contribution in [1.82, 2.24) is 0 Å². The maximum Gasteiger partial charge on any atom is 0.274 e. The largest absolute Gasteiger partial charge is 0.381 e. The van der Waals surface area contributed by atoms with E-state index in [-0.39, 0.29) is 6.10 Å². The molecule has 1 aliphatic carbocycles. The van der Waals surface area contributed by atoms with Crippen LogP contribution in [0.2, 0.25) is 0 Å². The van der Waals surface area contributed by atoms with E-state index in [0.717, 1.165) is 5.56 Å². The number of hydrogen-bond donors (Lipinski definition) is 1. The predicted molar refractivity (Wildman–Crippen MR) is 73.7 cm³/mol. The number of hydrogen-bond acceptors (Lipinski definition) is 3. The fourth-order valence-corrected chi connectivity index (χ4v) is 4.03. The van der Waals surface area contributed by atoms with Gasteiger partial charge in [-0.1, -0.05) is 29.8 Å². The van der Waals surface area contributed by atoms with Crippen LogP contribution in [0, 0.1) is 6.92 Å². The second-order valence-electron chi connectivity index (χ2n) is 5.27. The first-order chi connectivity index (χ1) is 8.89. The van der Waals surface area contributed by atoms with Gasteiger partial charge in [-0.2, -0.15) is 8.42 Å². The van der Waals surface area contributed by atoms with Crippen LogP contribution in [-0.4, -0.2) is 26.2 Å². The fourth-order valence-electron chi connectivity index (χ4n) is 2.85. The molecule has 106 valence electrons. The van der Waals surface area contributed by atoms with Gasteiger partial charge in [-0.3, -0.25) is 4.55 Å². The van der Waals surface area contributed by atoms with Gasteiger partial charge in [0.15, 0.2) is 0 Å². The molecular formula is C14H20O4S. The Kier molecular flexibility index (Phi) is 3.99. The summed E-state index contributed by atoms with van der Waals surface area (Å²) in [4.78, 5) is 0. The second-order valence-corrected chi connectivity index (χ2v) is 7.00. The Labute approximate surface area is 114 Å². The van der Waals surface area contributed by atoms with Crippen LogP contribution in [0.15, 0.2) is 24.3 Å². The minimum absolute atomic E-state index is 0.0836. The Balaban J connectivity index is 2.40. The molecule has 1 aromatic rings. The third-order valence-electron chi connectivity index (χ3n) is 4.15. The Morgan fingerprint density at radius 1 is 1.21 bits per heavy atom. The van der Waals surface area contributed by atoms with Crippen molar-refractivity contribution in [2.24, 2.45) is 0 Å². The summed E-state index contributed by atoms with van der Waals surface area (Å²) in [5.74, 6) is 0. The summed E-state index contributed by atoms with van der Waals surface area (Å²) in [7, 11) is -2.50. The van der Waals surface area contributed by atoms with Crippen molar-refractivity contribution in [3.63, 3.8) is 0 Å². The summed E-state index contributed by atoms with van der Waals surface area (Å²) in [6.45, 7) is 1.95. The molecule has 1 fully saturated rings. The van der Waals surface area contributed by atoms with Crippen molar-refractivity contribution in [2.45, 2.75) is 43.5 Å². The van der Waals surface area contributed by atoms with E-state index in [9.17, 15) is 13.0 Å². The quantitative estimate of drug-likeness (QED) is 0.867. The zero-order valence-electron chi connectivity index (χ0n) is 11.3. The van der Waals surface area contributed by atoms with Crippen molar-refractivity contribution < 1.29 is 17.7 Å². The Morgan fingerprint density at radius 3 is 2.16 bits per heavy atom. The van der Waals surface area contributed by atoms with E-state index in [1.807, 2.05) is 19.1 Å². The van der Waals surface area contributed by atoms with E-state index >= 15 is 0 Å². The molecule has 0 saturated heterocycles. The lowest BCUT2D eigenvalue weighted by Crippen LogP contribution is -2.40. The smallest absolute Gasteiger partial charge is 0.274 e. The van der Waals surface area contributed by atoms with E-state index < -0.39 is 14.9 Å². The Morgan fingerprint density at radius 2 is 1.74 bits per heavy atom. The summed E-state index contributed by atoms with van der Waals surface area (Å²) in [6.07, 6.45) is 2.16. The molecule has 1 saturated carbocycles. The van der Waals surface area contributed by atoms with E-state index in [0.29, 0.717) is 31.2 Å². The van der Waals surface area contributed by atoms with Crippen molar-refractivity contribution in [3.05, 3.63) is 35.4 Å². The number of aryl methyl sites for hydroxylation is 1. The van der Waals surface area contributed by atoms with Crippen LogP contribution in [0.25, 0.3) is 0 Å². The van der Waals surface area contributed by atoms with E-state index in [4.69, 9.17) is 4.74 Å². The molecule has 5 heteroatoms. The van der Waals surface area contributed by atoms with Crippen molar-refractivity contribution in [1.29, 1.82) is 0 Å². The third-order valence-corrected chi connectivity index (χ3v) is 5.78. The highest BCUT2D eigenvalue weighted by molar-refractivity contribution is 7.86. The lowest BCUT2D eigenvalue weighted by molar-refractivity contribution is 0.0595. The van der Waals surface area contributed by atoms with Crippen LogP contribution >= 0.6 is 0 Å². The molecule has 1 aliphatic rings. The van der Waals surface area contributed by atoms with Gasteiger partial charge in [0.25, 0.3) is 10.1 Å². The van der Waals surface area contributed by atoms with Gasteiger partial charge >= 0.3 is 0 Å². The van der Waals surface area contributed by atoms with Gasteiger partial charge in [0.1, 0.15) is 4.75 Å². The standard InChI is InChI=1S/C14H20O4S/c1-11-3-5-12(6-4-11)14(19(15,16)17)9-7-13(18-2)8-10-14/h3-6,13H,7-10H2,1-2H3,(H,15,16,17). The molecule has 2 rings (SSSR count). The predicted octanol–water partition coefficient (Wildman–Crippen LogP) is 2.67. The summed E-state index contributed by atoms with van der Waals surface area (Å²) >= 11 is 0. The van der Waals surface area contributed by atoms with Gasteiger partial charge in [-0.05, 0) is 38.2 Å². The molecule has 0 unspecified atom stereocenters. The average Bonchev–Trinajstić information content (AvgIpc) is 2.38. The molecule has 0 heterocycles. The number of methoxy groups -OCH3 is 1. The molecule has 0 aromatic heterocycles. The van der Waals surface area contributed by atoms with E-state index in [2.05, 4.69) is 0 Å². The Bertz CT molecular complexity index is 525. The maximum atomic E-state index is 11.9. The van der Waals surface area contributed by atoms with Gasteiger partial charge in [0.05, 0.1) is 6.10 Å². The maximum absolute atomic E-state index is 11.9. The molecule has 19 heavy (non-hydrogen) atoms. The molecule has 4 nitrogen and oxygen atoms in total. The average molecular weight is 284 g/mol. The second kappa shape index (κ2) is 5.23. The third kappa shape index (κ3) is 2.68. The van der Waals surface area contributed by atoms with Gasteiger partial charge < -0.3 is 4.74 Å².